The summed E-state index contributed by atoms with van der Waals surface area (Å²) in [5.74, 6) is 1.55. The molecule has 0 atom stereocenters. The van der Waals surface area contributed by atoms with Crippen molar-refractivity contribution in [2.75, 3.05) is 37.4 Å². The number of nitrogens with zero attached hydrogens (tertiary/aromatic N) is 1. The summed E-state index contributed by atoms with van der Waals surface area (Å²) in [6.07, 6.45) is 0.699. The topological polar surface area (TPSA) is 84.9 Å². The normalized spacial score (nSPS) is 11.1. The molecule has 0 saturated carbocycles. The molecule has 0 spiro atoms. The standard InChI is InChI=1S/C27H31FN2O5S2/c1-20-5-12-24(13-6-20)37(32,33)30(25-17-23(34-2)11-14-26(25)35-3)18-27(31)29-15-4-16-36-19-21-7-9-22(28)10-8-21/h5-14,17H,4,15-16,18-19H2,1-3H3,(H,29,31). The molecule has 0 radical (unpaired) electrons. The van der Waals surface area contributed by atoms with E-state index in [9.17, 15) is 17.6 Å². The van der Waals surface area contributed by atoms with Crippen molar-refractivity contribution in [3.63, 3.8) is 0 Å². The number of nitrogens with one attached hydrogen (secondary N) is 1. The quantitative estimate of drug-likeness (QED) is 0.311. The van der Waals surface area contributed by atoms with Crippen LogP contribution < -0.4 is 19.1 Å². The number of halogens is 1. The summed E-state index contributed by atoms with van der Waals surface area (Å²) in [6, 6.07) is 17.6. The molecule has 198 valence electrons. The molecule has 3 aromatic rings. The highest BCUT2D eigenvalue weighted by atomic mass is 32.2. The lowest BCUT2D eigenvalue weighted by Gasteiger charge is -2.26. The Labute approximate surface area is 222 Å². The van der Waals surface area contributed by atoms with Crippen molar-refractivity contribution in [3.8, 4) is 11.5 Å². The molecule has 0 unspecified atom stereocenters. The number of thioether (sulfide) groups is 1. The Bertz CT molecular complexity index is 1280. The average Bonchev–Trinajstić information content (AvgIpc) is 2.90. The molecular formula is C27H31FN2O5S2. The van der Waals surface area contributed by atoms with Crippen LogP contribution in [0.3, 0.4) is 0 Å². The van der Waals surface area contributed by atoms with Crippen molar-refractivity contribution in [2.24, 2.45) is 0 Å². The molecule has 37 heavy (non-hydrogen) atoms. The van der Waals surface area contributed by atoms with Gasteiger partial charge in [-0.05, 0) is 61.1 Å². The minimum Gasteiger partial charge on any atom is -0.497 e. The van der Waals surface area contributed by atoms with Gasteiger partial charge in [0.25, 0.3) is 10.0 Å². The van der Waals surface area contributed by atoms with E-state index >= 15 is 0 Å². The van der Waals surface area contributed by atoms with Crippen molar-refractivity contribution in [3.05, 3.63) is 83.7 Å². The summed E-state index contributed by atoms with van der Waals surface area (Å²) < 4.78 is 52.0. The largest absolute Gasteiger partial charge is 0.497 e. The Morgan fingerprint density at radius 3 is 2.35 bits per heavy atom. The number of anilines is 1. The molecule has 1 amide bonds. The van der Waals surface area contributed by atoms with Crippen LogP contribution in [-0.4, -0.2) is 47.4 Å². The van der Waals surface area contributed by atoms with Crippen LogP contribution in [0.5, 0.6) is 11.5 Å². The lowest BCUT2D eigenvalue weighted by atomic mass is 10.2. The maximum atomic E-state index is 13.6. The number of methoxy groups -OCH3 is 2. The SMILES string of the molecule is COc1ccc(OC)c(N(CC(=O)NCCCSCc2ccc(F)cc2)S(=O)(=O)c2ccc(C)cc2)c1. The number of amides is 1. The van der Waals surface area contributed by atoms with Crippen LogP contribution in [0.1, 0.15) is 17.5 Å². The maximum Gasteiger partial charge on any atom is 0.264 e. The van der Waals surface area contributed by atoms with Crippen molar-refractivity contribution >= 4 is 33.4 Å². The zero-order chi connectivity index (χ0) is 26.8. The lowest BCUT2D eigenvalue weighted by molar-refractivity contribution is -0.119. The average molecular weight is 547 g/mol. The molecule has 0 aliphatic rings. The van der Waals surface area contributed by atoms with Crippen molar-refractivity contribution in [2.45, 2.75) is 24.0 Å². The maximum absolute atomic E-state index is 13.6. The number of aryl methyl sites for hydroxylation is 1. The fourth-order valence-electron chi connectivity index (χ4n) is 3.49. The second kappa shape index (κ2) is 13.3. The van der Waals surface area contributed by atoms with Gasteiger partial charge in [0.05, 0.1) is 24.8 Å². The second-order valence-corrected chi connectivity index (χ2v) is 11.2. The molecule has 0 fully saturated rings. The van der Waals surface area contributed by atoms with E-state index in [0.717, 1.165) is 26.9 Å². The van der Waals surface area contributed by atoms with Gasteiger partial charge in [-0.25, -0.2) is 12.8 Å². The van der Waals surface area contributed by atoms with Gasteiger partial charge in [0.15, 0.2) is 0 Å². The Hall–Kier alpha value is -3.24. The van der Waals surface area contributed by atoms with Crippen LogP contribution in [0.15, 0.2) is 71.6 Å². The molecule has 7 nitrogen and oxygen atoms in total. The minimum absolute atomic E-state index is 0.0629. The van der Waals surface area contributed by atoms with Gasteiger partial charge >= 0.3 is 0 Å². The van der Waals surface area contributed by atoms with Crippen LogP contribution in [0.2, 0.25) is 0 Å². The van der Waals surface area contributed by atoms with Crippen molar-refractivity contribution in [1.82, 2.24) is 5.32 Å². The number of hydrogen-bond acceptors (Lipinski definition) is 6. The Balaban J connectivity index is 1.69. The number of hydrogen-bond donors (Lipinski definition) is 1. The Kier molecular flexibility index (Phi) is 10.2. The first-order valence-corrected chi connectivity index (χ1v) is 14.2. The smallest absolute Gasteiger partial charge is 0.264 e. The molecule has 0 heterocycles. The zero-order valence-electron chi connectivity index (χ0n) is 21.1. The lowest BCUT2D eigenvalue weighted by Crippen LogP contribution is -2.41. The van der Waals surface area contributed by atoms with Gasteiger partial charge in [0, 0.05) is 18.4 Å². The van der Waals surface area contributed by atoms with E-state index in [1.165, 1.54) is 44.6 Å². The summed E-state index contributed by atoms with van der Waals surface area (Å²) in [5, 5.41) is 2.81. The molecule has 0 aromatic heterocycles. The summed E-state index contributed by atoms with van der Waals surface area (Å²) in [4.78, 5) is 12.9. The van der Waals surface area contributed by atoms with Crippen LogP contribution in [0.4, 0.5) is 10.1 Å². The second-order valence-electron chi connectivity index (χ2n) is 8.25. The number of carbonyl (C=O) groups excluding carboxylic acids is 1. The van der Waals surface area contributed by atoms with E-state index in [-0.39, 0.29) is 16.4 Å². The summed E-state index contributed by atoms with van der Waals surface area (Å²) >= 11 is 1.68. The molecule has 3 aromatic carbocycles. The van der Waals surface area contributed by atoms with E-state index in [1.807, 2.05) is 6.92 Å². The van der Waals surface area contributed by atoms with Crippen LogP contribution in [0.25, 0.3) is 0 Å². The first kappa shape index (κ1) is 28.3. The monoisotopic (exact) mass is 546 g/mol. The van der Waals surface area contributed by atoms with Crippen LogP contribution in [-0.2, 0) is 20.6 Å². The molecule has 0 aliphatic carbocycles. The van der Waals surface area contributed by atoms with Crippen LogP contribution in [0, 0.1) is 12.7 Å². The van der Waals surface area contributed by atoms with Gasteiger partial charge in [0.1, 0.15) is 23.9 Å². The van der Waals surface area contributed by atoms with E-state index < -0.39 is 22.5 Å². The zero-order valence-corrected chi connectivity index (χ0v) is 22.7. The third-order valence-corrected chi connectivity index (χ3v) is 8.41. The fourth-order valence-corrected chi connectivity index (χ4v) is 5.83. The fraction of sp³-hybridized carbons (Fsp3) is 0.296. The predicted molar refractivity (Wildman–Crippen MR) is 145 cm³/mol. The number of benzene rings is 3. The predicted octanol–water partition coefficient (Wildman–Crippen LogP) is 4.79. The number of ether oxygens (including phenoxy) is 2. The van der Waals surface area contributed by atoms with Gasteiger partial charge in [0.2, 0.25) is 5.91 Å². The first-order chi connectivity index (χ1) is 17.7. The van der Waals surface area contributed by atoms with Gasteiger partial charge in [-0.2, -0.15) is 11.8 Å². The first-order valence-electron chi connectivity index (χ1n) is 11.6. The van der Waals surface area contributed by atoms with Gasteiger partial charge in [-0.3, -0.25) is 9.10 Å². The van der Waals surface area contributed by atoms with Crippen molar-refractivity contribution in [1.29, 1.82) is 0 Å². The molecule has 0 aliphatic heterocycles. The molecule has 3 rings (SSSR count). The van der Waals surface area contributed by atoms with Gasteiger partial charge in [-0.15, -0.1) is 0 Å². The minimum atomic E-state index is -4.09. The van der Waals surface area contributed by atoms with Crippen LogP contribution >= 0.6 is 11.8 Å². The van der Waals surface area contributed by atoms with Gasteiger partial charge in [-0.1, -0.05) is 29.8 Å². The Morgan fingerprint density at radius 1 is 1.00 bits per heavy atom. The molecular weight excluding hydrogens is 515 g/mol. The third-order valence-electron chi connectivity index (χ3n) is 5.52. The van der Waals surface area contributed by atoms with E-state index in [1.54, 1.807) is 48.2 Å². The summed E-state index contributed by atoms with van der Waals surface area (Å²) in [5.41, 5.74) is 2.14. The number of rotatable bonds is 13. The summed E-state index contributed by atoms with van der Waals surface area (Å²) in [6.45, 7) is 1.83. The molecule has 0 bridgehead atoms. The van der Waals surface area contributed by atoms with E-state index in [4.69, 9.17) is 9.47 Å². The Morgan fingerprint density at radius 2 is 1.70 bits per heavy atom. The molecule has 1 N–H and O–H groups in total. The number of carbonyl (C=O) groups is 1. The third kappa shape index (κ3) is 7.87. The highest BCUT2D eigenvalue weighted by Gasteiger charge is 2.30. The van der Waals surface area contributed by atoms with E-state index in [2.05, 4.69) is 5.32 Å². The highest BCUT2D eigenvalue weighted by molar-refractivity contribution is 7.98. The summed E-state index contributed by atoms with van der Waals surface area (Å²) in [7, 11) is -1.18. The number of sulfonamides is 1. The van der Waals surface area contributed by atoms with E-state index in [0.29, 0.717) is 24.5 Å². The van der Waals surface area contributed by atoms with Gasteiger partial charge < -0.3 is 14.8 Å². The van der Waals surface area contributed by atoms with Crippen molar-refractivity contribution < 1.29 is 27.1 Å². The molecule has 10 heteroatoms. The highest BCUT2D eigenvalue weighted by Crippen LogP contribution is 2.35. The molecule has 0 saturated heterocycles.